The summed E-state index contributed by atoms with van der Waals surface area (Å²) in [7, 11) is 0. The van der Waals surface area contributed by atoms with Crippen molar-refractivity contribution in [1.29, 1.82) is 0 Å². The predicted octanol–water partition coefficient (Wildman–Crippen LogP) is 3.29. The minimum absolute atomic E-state index is 0.109. The standard InChI is InChI=1S/C11H14ClNO3/c1-11(2,3)16-10(15)13(12)8-4-6-9(14)7-5-8/h4-7,14H,1-3H3. The van der Waals surface area contributed by atoms with Crippen molar-refractivity contribution in [3.8, 4) is 5.75 Å². The van der Waals surface area contributed by atoms with Crippen molar-refractivity contribution in [3.05, 3.63) is 24.3 Å². The van der Waals surface area contributed by atoms with E-state index < -0.39 is 11.7 Å². The first-order chi connectivity index (χ1) is 7.29. The summed E-state index contributed by atoms with van der Waals surface area (Å²) in [5.41, 5.74) is -0.157. The topological polar surface area (TPSA) is 49.8 Å². The summed E-state index contributed by atoms with van der Waals surface area (Å²) in [5.74, 6) is 0.109. The largest absolute Gasteiger partial charge is 0.508 e. The van der Waals surface area contributed by atoms with Crippen LogP contribution in [0, 0.1) is 0 Å². The van der Waals surface area contributed by atoms with Crippen LogP contribution in [0.5, 0.6) is 5.75 Å². The smallest absolute Gasteiger partial charge is 0.429 e. The highest BCUT2D eigenvalue weighted by Gasteiger charge is 2.22. The van der Waals surface area contributed by atoms with E-state index in [1.54, 1.807) is 20.8 Å². The molecule has 0 saturated carbocycles. The van der Waals surface area contributed by atoms with Gasteiger partial charge in [-0.2, -0.15) is 4.42 Å². The molecule has 0 radical (unpaired) electrons. The van der Waals surface area contributed by atoms with E-state index in [9.17, 15) is 4.79 Å². The number of halogens is 1. The maximum Gasteiger partial charge on any atom is 0.429 e. The van der Waals surface area contributed by atoms with Crippen molar-refractivity contribution >= 4 is 23.6 Å². The fourth-order valence-corrected chi connectivity index (χ4v) is 1.14. The number of hydrogen-bond donors (Lipinski definition) is 1. The van der Waals surface area contributed by atoms with Crippen molar-refractivity contribution in [2.45, 2.75) is 26.4 Å². The van der Waals surface area contributed by atoms with Crippen molar-refractivity contribution in [2.24, 2.45) is 0 Å². The predicted molar refractivity (Wildman–Crippen MR) is 62.7 cm³/mol. The zero-order valence-electron chi connectivity index (χ0n) is 9.40. The molecule has 1 aromatic rings. The summed E-state index contributed by atoms with van der Waals surface area (Å²) in [6.07, 6.45) is -0.653. The molecular formula is C11H14ClNO3. The van der Waals surface area contributed by atoms with Crippen molar-refractivity contribution in [1.82, 2.24) is 0 Å². The second-order valence-corrected chi connectivity index (χ2v) is 4.62. The lowest BCUT2D eigenvalue weighted by Crippen LogP contribution is -2.31. The molecule has 1 N–H and O–H groups in total. The van der Waals surface area contributed by atoms with Gasteiger partial charge < -0.3 is 9.84 Å². The van der Waals surface area contributed by atoms with Crippen LogP contribution < -0.4 is 4.42 Å². The van der Waals surface area contributed by atoms with Crippen LogP contribution >= 0.6 is 11.8 Å². The van der Waals surface area contributed by atoms with E-state index in [4.69, 9.17) is 21.6 Å². The van der Waals surface area contributed by atoms with Crippen LogP contribution in [-0.4, -0.2) is 16.8 Å². The van der Waals surface area contributed by atoms with Crippen LogP contribution in [0.3, 0.4) is 0 Å². The molecular weight excluding hydrogens is 230 g/mol. The minimum atomic E-state index is -0.653. The first-order valence-electron chi connectivity index (χ1n) is 4.77. The fourth-order valence-electron chi connectivity index (χ4n) is 0.991. The van der Waals surface area contributed by atoms with Gasteiger partial charge in [0.1, 0.15) is 11.4 Å². The van der Waals surface area contributed by atoms with Gasteiger partial charge in [0.15, 0.2) is 0 Å². The maximum absolute atomic E-state index is 11.6. The summed E-state index contributed by atoms with van der Waals surface area (Å²) in [5, 5.41) is 9.09. The van der Waals surface area contributed by atoms with E-state index in [0.29, 0.717) is 5.69 Å². The van der Waals surface area contributed by atoms with Crippen LogP contribution in [0.4, 0.5) is 10.5 Å². The Balaban J connectivity index is 2.74. The monoisotopic (exact) mass is 243 g/mol. The number of nitrogens with zero attached hydrogens (tertiary/aromatic N) is 1. The molecule has 1 rings (SSSR count). The van der Waals surface area contributed by atoms with Gasteiger partial charge in [-0.05, 0) is 45.0 Å². The summed E-state index contributed by atoms with van der Waals surface area (Å²) in [6.45, 7) is 5.27. The van der Waals surface area contributed by atoms with Crippen LogP contribution in [0.1, 0.15) is 20.8 Å². The third-order valence-electron chi connectivity index (χ3n) is 1.63. The molecule has 0 heterocycles. The van der Waals surface area contributed by atoms with Gasteiger partial charge in [0.2, 0.25) is 0 Å². The van der Waals surface area contributed by atoms with Gasteiger partial charge in [-0.1, -0.05) is 0 Å². The molecule has 0 aliphatic carbocycles. The third kappa shape index (κ3) is 3.62. The van der Waals surface area contributed by atoms with Crippen LogP contribution in [0.2, 0.25) is 0 Å². The number of anilines is 1. The lowest BCUT2D eigenvalue weighted by Gasteiger charge is -2.22. The number of amides is 1. The highest BCUT2D eigenvalue weighted by Crippen LogP contribution is 2.22. The summed E-state index contributed by atoms with van der Waals surface area (Å²) >= 11 is 5.79. The normalized spacial score (nSPS) is 11.0. The van der Waals surface area contributed by atoms with E-state index in [1.807, 2.05) is 0 Å². The van der Waals surface area contributed by atoms with Crippen molar-refractivity contribution in [2.75, 3.05) is 4.42 Å². The molecule has 0 spiro atoms. The first kappa shape index (κ1) is 12.6. The summed E-state index contributed by atoms with van der Waals surface area (Å²) < 4.78 is 5.94. The Kier molecular flexibility index (Phi) is 3.65. The number of hydrogen-bond acceptors (Lipinski definition) is 3. The average molecular weight is 244 g/mol. The molecule has 16 heavy (non-hydrogen) atoms. The Morgan fingerprint density at radius 1 is 1.31 bits per heavy atom. The van der Waals surface area contributed by atoms with Crippen molar-refractivity contribution in [3.63, 3.8) is 0 Å². The summed E-state index contributed by atoms with van der Waals surface area (Å²) in [4.78, 5) is 11.6. The van der Waals surface area contributed by atoms with E-state index in [0.717, 1.165) is 4.42 Å². The number of carbonyl (C=O) groups is 1. The van der Waals surface area contributed by atoms with Gasteiger partial charge in [-0.25, -0.2) is 4.79 Å². The summed E-state index contributed by atoms with van der Waals surface area (Å²) in [6, 6.07) is 5.92. The Morgan fingerprint density at radius 3 is 2.25 bits per heavy atom. The fraction of sp³-hybridized carbons (Fsp3) is 0.364. The highest BCUT2D eigenvalue weighted by molar-refractivity contribution is 6.35. The molecule has 0 fully saturated rings. The van der Waals surface area contributed by atoms with Crippen LogP contribution in [0.15, 0.2) is 24.3 Å². The lowest BCUT2D eigenvalue weighted by molar-refractivity contribution is 0.0609. The molecule has 1 amide bonds. The van der Waals surface area contributed by atoms with Crippen LogP contribution in [-0.2, 0) is 4.74 Å². The molecule has 0 unspecified atom stereocenters. The number of aromatic hydroxyl groups is 1. The van der Waals surface area contributed by atoms with Crippen molar-refractivity contribution < 1.29 is 14.6 Å². The van der Waals surface area contributed by atoms with Gasteiger partial charge in [0.25, 0.3) is 0 Å². The van der Waals surface area contributed by atoms with Gasteiger partial charge in [-0.15, -0.1) is 0 Å². The van der Waals surface area contributed by atoms with E-state index in [1.165, 1.54) is 24.3 Å². The lowest BCUT2D eigenvalue weighted by atomic mass is 10.2. The molecule has 0 aliphatic rings. The molecule has 1 aromatic carbocycles. The van der Waals surface area contributed by atoms with Gasteiger partial charge in [0, 0.05) is 11.8 Å². The zero-order chi connectivity index (χ0) is 12.3. The second kappa shape index (κ2) is 4.61. The molecule has 0 atom stereocenters. The maximum atomic E-state index is 11.6. The molecule has 88 valence electrons. The number of phenolic OH excluding ortho intramolecular Hbond substituents is 1. The third-order valence-corrected chi connectivity index (χ3v) is 1.96. The number of rotatable bonds is 1. The zero-order valence-corrected chi connectivity index (χ0v) is 10.2. The quantitative estimate of drug-likeness (QED) is 0.770. The minimum Gasteiger partial charge on any atom is -0.508 e. The Hall–Kier alpha value is -1.42. The van der Waals surface area contributed by atoms with E-state index in [-0.39, 0.29) is 5.75 Å². The number of benzene rings is 1. The van der Waals surface area contributed by atoms with Crippen LogP contribution in [0.25, 0.3) is 0 Å². The number of phenols is 1. The molecule has 0 aromatic heterocycles. The van der Waals surface area contributed by atoms with E-state index >= 15 is 0 Å². The molecule has 0 bridgehead atoms. The highest BCUT2D eigenvalue weighted by atomic mass is 35.5. The van der Waals surface area contributed by atoms with Gasteiger partial charge >= 0.3 is 6.09 Å². The van der Waals surface area contributed by atoms with Gasteiger partial charge in [0.05, 0.1) is 5.69 Å². The van der Waals surface area contributed by atoms with E-state index in [2.05, 4.69) is 0 Å². The SMILES string of the molecule is CC(C)(C)OC(=O)N(Cl)c1ccc(O)cc1. The Bertz CT molecular complexity index is 370. The average Bonchev–Trinajstić information content (AvgIpc) is 2.15. The number of carbonyl (C=O) groups excluding carboxylic acids is 1. The Morgan fingerprint density at radius 2 is 1.81 bits per heavy atom. The number of ether oxygens (including phenoxy) is 1. The molecule has 0 aliphatic heterocycles. The molecule has 5 heteroatoms. The first-order valence-corrected chi connectivity index (χ1v) is 5.11. The Labute approximate surface area is 99.5 Å². The molecule has 0 saturated heterocycles. The molecule has 4 nitrogen and oxygen atoms in total. The second-order valence-electron chi connectivity index (χ2n) is 4.28. The van der Waals surface area contributed by atoms with Gasteiger partial charge in [-0.3, -0.25) is 0 Å².